The fourth-order valence-electron chi connectivity index (χ4n) is 1.95. The van der Waals surface area contributed by atoms with E-state index >= 15 is 0 Å². The van der Waals surface area contributed by atoms with Gasteiger partial charge in [0.1, 0.15) is 0 Å². The molecule has 0 aromatic heterocycles. The van der Waals surface area contributed by atoms with Gasteiger partial charge in [-0.15, -0.1) is 0 Å². The van der Waals surface area contributed by atoms with Gasteiger partial charge in [-0.3, -0.25) is 4.79 Å². The highest BCUT2D eigenvalue weighted by atomic mass is 32.2. The molecule has 1 rings (SSSR count). The molecule has 1 aliphatic rings. The van der Waals surface area contributed by atoms with Crippen LogP contribution < -0.4 is 0 Å². The number of hydrogen-bond donors (Lipinski definition) is 0. The van der Waals surface area contributed by atoms with E-state index in [1.54, 1.807) is 4.90 Å². The Bertz CT molecular complexity index is 367. The molecule has 17 heavy (non-hydrogen) atoms. The van der Waals surface area contributed by atoms with Gasteiger partial charge < -0.3 is 4.90 Å². The Morgan fingerprint density at radius 2 is 1.71 bits per heavy atom. The zero-order chi connectivity index (χ0) is 13.2. The molecule has 1 saturated heterocycles. The van der Waals surface area contributed by atoms with E-state index in [0.717, 1.165) is 0 Å². The predicted molar refractivity (Wildman–Crippen MR) is 68.4 cm³/mol. The highest BCUT2D eigenvalue weighted by Crippen LogP contribution is 2.20. The average molecular weight is 261 g/mol. The Hall–Kier alpha value is -0.580. The molecule has 0 unspecified atom stereocenters. The van der Waals surface area contributed by atoms with E-state index in [2.05, 4.69) is 0 Å². The molecule has 0 atom stereocenters. The zero-order valence-corrected chi connectivity index (χ0v) is 12.0. The first-order valence-electron chi connectivity index (χ1n) is 6.21. The summed E-state index contributed by atoms with van der Waals surface area (Å²) in [6.45, 7) is 8.56. The van der Waals surface area contributed by atoms with E-state index in [1.165, 1.54) is 0 Å². The highest BCUT2D eigenvalue weighted by molar-refractivity contribution is 7.92. The summed E-state index contributed by atoms with van der Waals surface area (Å²) in [7, 11) is -3.01. The van der Waals surface area contributed by atoms with E-state index in [-0.39, 0.29) is 22.8 Å². The lowest BCUT2D eigenvalue weighted by Crippen LogP contribution is -2.57. The second-order valence-electron chi connectivity index (χ2n) is 5.74. The Morgan fingerprint density at radius 3 is 2.12 bits per heavy atom. The minimum Gasteiger partial charge on any atom is -0.340 e. The first-order chi connectivity index (χ1) is 7.72. The first kappa shape index (κ1) is 14.5. The molecular formula is C12H23NO3S. The van der Waals surface area contributed by atoms with Crippen LogP contribution in [0.3, 0.4) is 0 Å². The number of amides is 1. The summed E-state index contributed by atoms with van der Waals surface area (Å²) < 4.78 is 23.8. The van der Waals surface area contributed by atoms with E-state index in [0.29, 0.717) is 25.4 Å². The zero-order valence-electron chi connectivity index (χ0n) is 11.1. The van der Waals surface area contributed by atoms with Gasteiger partial charge in [0.25, 0.3) is 0 Å². The number of carbonyl (C=O) groups is 1. The van der Waals surface area contributed by atoms with Gasteiger partial charge in [0, 0.05) is 19.5 Å². The summed E-state index contributed by atoms with van der Waals surface area (Å²) in [4.78, 5) is 13.3. The van der Waals surface area contributed by atoms with Gasteiger partial charge in [0.05, 0.1) is 11.0 Å². The van der Waals surface area contributed by atoms with E-state index in [1.807, 2.05) is 27.7 Å². The Balaban J connectivity index is 2.44. The second kappa shape index (κ2) is 5.38. The molecule has 0 N–H and O–H groups in total. The van der Waals surface area contributed by atoms with Gasteiger partial charge in [0.15, 0.2) is 9.84 Å². The molecule has 0 aliphatic carbocycles. The maximum Gasteiger partial charge on any atom is 0.222 e. The maximum absolute atomic E-state index is 11.9. The van der Waals surface area contributed by atoms with Crippen LogP contribution in [0.1, 0.15) is 34.1 Å². The number of carbonyl (C=O) groups excluding carboxylic acids is 1. The summed E-state index contributed by atoms with van der Waals surface area (Å²) in [5.41, 5.74) is 0. The van der Waals surface area contributed by atoms with Crippen LogP contribution in [0, 0.1) is 11.8 Å². The fourth-order valence-corrected chi connectivity index (χ4v) is 3.96. The molecule has 5 heteroatoms. The minimum absolute atomic E-state index is 0.0796. The summed E-state index contributed by atoms with van der Waals surface area (Å²) in [6, 6.07) is 0. The molecule has 0 aromatic rings. The van der Waals surface area contributed by atoms with Gasteiger partial charge in [-0.25, -0.2) is 8.42 Å². The molecule has 0 aromatic carbocycles. The van der Waals surface area contributed by atoms with Gasteiger partial charge in [0.2, 0.25) is 5.91 Å². The van der Waals surface area contributed by atoms with Crippen LogP contribution in [0.2, 0.25) is 0 Å². The maximum atomic E-state index is 11.9. The van der Waals surface area contributed by atoms with Gasteiger partial charge in [-0.2, -0.15) is 0 Å². The Kier molecular flexibility index (Phi) is 4.58. The Labute approximate surface area is 104 Å². The molecule has 1 aliphatic heterocycles. The van der Waals surface area contributed by atoms with Crippen LogP contribution in [-0.2, 0) is 14.6 Å². The van der Waals surface area contributed by atoms with Crippen LogP contribution in [-0.4, -0.2) is 43.3 Å². The van der Waals surface area contributed by atoms with E-state index in [9.17, 15) is 13.2 Å². The summed E-state index contributed by atoms with van der Waals surface area (Å²) in [6.07, 6.45) is 0.511. The number of hydrogen-bond acceptors (Lipinski definition) is 3. The number of sulfone groups is 1. The lowest BCUT2D eigenvalue weighted by molar-refractivity contribution is -0.135. The molecule has 0 bridgehead atoms. The summed E-state index contributed by atoms with van der Waals surface area (Å²) >= 11 is 0. The Morgan fingerprint density at radius 1 is 1.18 bits per heavy atom. The van der Waals surface area contributed by atoms with Crippen molar-refractivity contribution in [1.29, 1.82) is 0 Å². The van der Waals surface area contributed by atoms with E-state index < -0.39 is 9.84 Å². The summed E-state index contributed by atoms with van der Waals surface area (Å²) in [5, 5.41) is -0.332. The van der Waals surface area contributed by atoms with Crippen LogP contribution >= 0.6 is 0 Å². The van der Waals surface area contributed by atoms with Crippen molar-refractivity contribution in [2.45, 2.75) is 39.4 Å². The van der Waals surface area contributed by atoms with Crippen molar-refractivity contribution in [3.63, 3.8) is 0 Å². The third kappa shape index (κ3) is 3.98. The smallest absolute Gasteiger partial charge is 0.222 e. The molecule has 1 fully saturated rings. The molecule has 1 heterocycles. The van der Waals surface area contributed by atoms with E-state index in [4.69, 9.17) is 0 Å². The van der Waals surface area contributed by atoms with Crippen molar-refractivity contribution in [3.8, 4) is 0 Å². The average Bonchev–Trinajstić information content (AvgIpc) is 1.93. The third-order valence-electron chi connectivity index (χ3n) is 2.86. The topological polar surface area (TPSA) is 54.5 Å². The number of likely N-dealkylation sites (tertiary alicyclic amines) is 1. The lowest BCUT2D eigenvalue weighted by atomic mass is 10.1. The molecule has 0 spiro atoms. The fraction of sp³-hybridized carbons (Fsp3) is 0.917. The first-order valence-corrected chi connectivity index (χ1v) is 7.93. The van der Waals surface area contributed by atoms with Crippen molar-refractivity contribution < 1.29 is 13.2 Å². The molecule has 0 saturated carbocycles. The van der Waals surface area contributed by atoms with Crippen molar-refractivity contribution in [1.82, 2.24) is 4.90 Å². The molecule has 0 radical (unpaired) electrons. The quantitative estimate of drug-likeness (QED) is 0.750. The lowest BCUT2D eigenvalue weighted by Gasteiger charge is -2.39. The van der Waals surface area contributed by atoms with Crippen molar-refractivity contribution in [2.24, 2.45) is 11.8 Å². The van der Waals surface area contributed by atoms with Crippen molar-refractivity contribution in [3.05, 3.63) is 0 Å². The number of nitrogens with zero attached hydrogens (tertiary/aromatic N) is 1. The SMILES string of the molecule is CC(C)CC(=O)N1CC(S(=O)(=O)CC(C)C)C1. The molecule has 4 nitrogen and oxygen atoms in total. The molecule has 100 valence electrons. The van der Waals surface area contributed by atoms with Crippen LogP contribution in [0.15, 0.2) is 0 Å². The van der Waals surface area contributed by atoms with Crippen LogP contribution in [0.25, 0.3) is 0 Å². The third-order valence-corrected chi connectivity index (χ3v) is 5.30. The summed E-state index contributed by atoms with van der Waals surface area (Å²) in [5.74, 6) is 0.786. The molecular weight excluding hydrogens is 238 g/mol. The van der Waals surface area contributed by atoms with Crippen molar-refractivity contribution >= 4 is 15.7 Å². The van der Waals surface area contributed by atoms with Crippen molar-refractivity contribution in [2.75, 3.05) is 18.8 Å². The molecule has 1 amide bonds. The number of rotatable bonds is 5. The second-order valence-corrected chi connectivity index (χ2v) is 8.07. The monoisotopic (exact) mass is 261 g/mol. The standard InChI is InChI=1S/C12H23NO3S/c1-9(2)5-12(14)13-6-11(7-13)17(15,16)8-10(3)4/h9-11H,5-8H2,1-4H3. The van der Waals surface area contributed by atoms with Gasteiger partial charge >= 0.3 is 0 Å². The van der Waals surface area contributed by atoms with Gasteiger partial charge in [-0.05, 0) is 11.8 Å². The largest absolute Gasteiger partial charge is 0.340 e. The highest BCUT2D eigenvalue weighted by Gasteiger charge is 2.39. The predicted octanol–water partition coefficient (Wildman–Crippen LogP) is 1.31. The minimum atomic E-state index is -3.01. The van der Waals surface area contributed by atoms with Gasteiger partial charge in [-0.1, -0.05) is 27.7 Å². The normalized spacial score (nSPS) is 17.6. The van der Waals surface area contributed by atoms with Crippen LogP contribution in [0.5, 0.6) is 0 Å². The van der Waals surface area contributed by atoms with Crippen LogP contribution in [0.4, 0.5) is 0 Å².